The van der Waals surface area contributed by atoms with Crippen LogP contribution in [0, 0.1) is 36.0 Å². The first-order valence-corrected chi connectivity index (χ1v) is 9.28. The van der Waals surface area contributed by atoms with Crippen molar-refractivity contribution < 1.29 is 36.2 Å². The van der Waals surface area contributed by atoms with Crippen molar-refractivity contribution in [3.05, 3.63) is 74.7 Å². The van der Waals surface area contributed by atoms with E-state index < -0.39 is 40.7 Å². The molecule has 158 valence electrons. The van der Waals surface area contributed by atoms with Gasteiger partial charge in [0.05, 0.1) is 12.0 Å². The molecule has 0 aliphatic carbocycles. The predicted molar refractivity (Wildman–Crippen MR) is 101 cm³/mol. The average Bonchev–Trinajstić information content (AvgIpc) is 3.22. The number of carbonyl (C=O) groups excluding carboxylic acids is 1. The molecule has 0 radical (unpaired) electrons. The standard InChI is InChI=1S/C20H14F5NO3S/c1-9-3-4-11(12(5-9)28-2)29-7-10-6-13(30-8-10)20(27)26-19-17(24)15(22)14(21)16(23)18(19)25/h3-6,8H,7H2,1-2H3,(H,26,27). The van der Waals surface area contributed by atoms with E-state index in [1.807, 2.05) is 13.0 Å². The third kappa shape index (κ3) is 4.23. The summed E-state index contributed by atoms with van der Waals surface area (Å²) in [6.45, 7) is 1.95. The predicted octanol–water partition coefficient (Wildman–Crippen LogP) is 5.59. The Kier molecular flexibility index (Phi) is 6.25. The Morgan fingerprint density at radius 3 is 2.23 bits per heavy atom. The third-order valence-corrected chi connectivity index (χ3v) is 5.02. The molecule has 10 heteroatoms. The number of benzene rings is 2. The molecule has 0 unspecified atom stereocenters. The molecule has 1 heterocycles. The van der Waals surface area contributed by atoms with Crippen molar-refractivity contribution in [1.29, 1.82) is 0 Å². The number of amides is 1. The van der Waals surface area contributed by atoms with Crippen LogP contribution < -0.4 is 14.8 Å². The van der Waals surface area contributed by atoms with Gasteiger partial charge in [0.1, 0.15) is 12.3 Å². The number of aryl methyl sites for hydroxylation is 1. The molecule has 30 heavy (non-hydrogen) atoms. The lowest BCUT2D eigenvalue weighted by atomic mass is 10.2. The van der Waals surface area contributed by atoms with Gasteiger partial charge in [0.25, 0.3) is 5.91 Å². The van der Waals surface area contributed by atoms with Crippen LogP contribution in [0.25, 0.3) is 0 Å². The molecule has 0 aliphatic rings. The van der Waals surface area contributed by atoms with E-state index in [9.17, 15) is 26.7 Å². The molecule has 1 amide bonds. The van der Waals surface area contributed by atoms with Gasteiger partial charge >= 0.3 is 0 Å². The van der Waals surface area contributed by atoms with E-state index in [1.165, 1.54) is 13.2 Å². The second kappa shape index (κ2) is 8.70. The third-order valence-electron chi connectivity index (χ3n) is 4.04. The number of anilines is 1. The summed E-state index contributed by atoms with van der Waals surface area (Å²) in [5, 5.41) is 3.29. The highest BCUT2D eigenvalue weighted by Gasteiger charge is 2.27. The average molecular weight is 443 g/mol. The van der Waals surface area contributed by atoms with Gasteiger partial charge in [-0.25, -0.2) is 22.0 Å². The van der Waals surface area contributed by atoms with Gasteiger partial charge in [-0.1, -0.05) is 6.07 Å². The highest BCUT2D eigenvalue weighted by atomic mass is 32.1. The number of halogens is 5. The van der Waals surface area contributed by atoms with Crippen LogP contribution in [-0.2, 0) is 6.61 Å². The Bertz CT molecular complexity index is 1090. The maximum Gasteiger partial charge on any atom is 0.265 e. The van der Waals surface area contributed by atoms with Crippen LogP contribution >= 0.6 is 11.3 Å². The van der Waals surface area contributed by atoms with Crippen molar-refractivity contribution in [1.82, 2.24) is 0 Å². The summed E-state index contributed by atoms with van der Waals surface area (Å²) in [5.74, 6) is -10.9. The van der Waals surface area contributed by atoms with Crippen LogP contribution in [-0.4, -0.2) is 13.0 Å². The molecule has 4 nitrogen and oxygen atoms in total. The number of ether oxygens (including phenoxy) is 2. The minimum Gasteiger partial charge on any atom is -0.493 e. The van der Waals surface area contributed by atoms with E-state index in [-0.39, 0.29) is 11.5 Å². The SMILES string of the molecule is COc1cc(C)ccc1OCc1csc(C(=O)Nc2c(F)c(F)c(F)c(F)c2F)c1. The smallest absolute Gasteiger partial charge is 0.265 e. The lowest BCUT2D eigenvalue weighted by Crippen LogP contribution is -2.16. The van der Waals surface area contributed by atoms with Crippen LogP contribution in [0.2, 0.25) is 0 Å². The Balaban J connectivity index is 1.73. The topological polar surface area (TPSA) is 47.6 Å². The molecule has 1 aromatic heterocycles. The molecule has 0 saturated heterocycles. The minimum absolute atomic E-state index is 0.00610. The fourth-order valence-electron chi connectivity index (χ4n) is 2.52. The van der Waals surface area contributed by atoms with Gasteiger partial charge in [-0.3, -0.25) is 4.79 Å². The zero-order chi connectivity index (χ0) is 22.0. The van der Waals surface area contributed by atoms with Crippen LogP contribution in [0.4, 0.5) is 27.6 Å². The number of carbonyl (C=O) groups is 1. The Hall–Kier alpha value is -3.14. The summed E-state index contributed by atoms with van der Waals surface area (Å²) >= 11 is 0.918. The van der Waals surface area contributed by atoms with Crippen LogP contribution in [0.3, 0.4) is 0 Å². The number of nitrogens with one attached hydrogen (secondary N) is 1. The van der Waals surface area contributed by atoms with E-state index in [0.717, 1.165) is 16.9 Å². The lowest BCUT2D eigenvalue weighted by molar-refractivity contribution is 0.102. The summed E-state index contributed by atoms with van der Waals surface area (Å²) < 4.78 is 78.0. The first-order chi connectivity index (χ1) is 14.2. The quantitative estimate of drug-likeness (QED) is 0.307. The van der Waals surface area contributed by atoms with Gasteiger partial charge in [-0.15, -0.1) is 11.3 Å². The Morgan fingerprint density at radius 1 is 0.967 bits per heavy atom. The van der Waals surface area contributed by atoms with E-state index >= 15 is 0 Å². The molecule has 0 atom stereocenters. The Labute approximate surface area is 171 Å². The Morgan fingerprint density at radius 2 is 1.60 bits per heavy atom. The van der Waals surface area contributed by atoms with E-state index in [4.69, 9.17) is 9.47 Å². The molecule has 3 aromatic rings. The van der Waals surface area contributed by atoms with Gasteiger partial charge in [0.15, 0.2) is 34.8 Å². The fourth-order valence-corrected chi connectivity index (χ4v) is 3.31. The molecule has 1 N–H and O–H groups in total. The number of hydrogen-bond acceptors (Lipinski definition) is 4. The van der Waals surface area contributed by atoms with Gasteiger partial charge in [0, 0.05) is 5.56 Å². The zero-order valence-electron chi connectivity index (χ0n) is 15.6. The number of hydrogen-bond donors (Lipinski definition) is 1. The molecular formula is C20H14F5NO3S. The van der Waals surface area contributed by atoms with E-state index in [0.29, 0.717) is 17.1 Å². The summed E-state index contributed by atoms with van der Waals surface area (Å²) in [4.78, 5) is 12.2. The summed E-state index contributed by atoms with van der Waals surface area (Å²) in [5.41, 5.74) is 0.124. The van der Waals surface area contributed by atoms with Gasteiger partial charge < -0.3 is 14.8 Å². The van der Waals surface area contributed by atoms with Crippen LogP contribution in [0.15, 0.2) is 29.6 Å². The molecule has 2 aromatic carbocycles. The van der Waals surface area contributed by atoms with Crippen molar-refractivity contribution in [2.75, 3.05) is 12.4 Å². The number of thiophene rings is 1. The molecular weight excluding hydrogens is 429 g/mol. The fraction of sp³-hybridized carbons (Fsp3) is 0.150. The maximum absolute atomic E-state index is 13.7. The van der Waals surface area contributed by atoms with Crippen molar-refractivity contribution in [3.8, 4) is 11.5 Å². The van der Waals surface area contributed by atoms with Crippen molar-refractivity contribution in [2.45, 2.75) is 13.5 Å². The van der Waals surface area contributed by atoms with E-state index in [1.54, 1.807) is 22.8 Å². The largest absolute Gasteiger partial charge is 0.493 e. The second-order valence-electron chi connectivity index (χ2n) is 6.16. The molecule has 3 rings (SSSR count). The lowest BCUT2D eigenvalue weighted by Gasteiger charge is -2.10. The van der Waals surface area contributed by atoms with E-state index in [2.05, 4.69) is 0 Å². The second-order valence-corrected chi connectivity index (χ2v) is 7.07. The van der Waals surface area contributed by atoms with Gasteiger partial charge in [-0.2, -0.15) is 0 Å². The van der Waals surface area contributed by atoms with Crippen molar-refractivity contribution in [2.24, 2.45) is 0 Å². The molecule has 0 saturated carbocycles. The maximum atomic E-state index is 13.7. The molecule has 0 spiro atoms. The van der Waals surface area contributed by atoms with Crippen LogP contribution in [0.1, 0.15) is 20.8 Å². The van der Waals surface area contributed by atoms with Gasteiger partial charge in [-0.05, 0) is 36.1 Å². The van der Waals surface area contributed by atoms with Crippen molar-refractivity contribution in [3.63, 3.8) is 0 Å². The first kappa shape index (κ1) is 21.6. The van der Waals surface area contributed by atoms with Crippen LogP contribution in [0.5, 0.6) is 11.5 Å². The number of rotatable bonds is 6. The molecule has 0 bridgehead atoms. The minimum atomic E-state index is -2.30. The highest BCUT2D eigenvalue weighted by Crippen LogP contribution is 2.30. The van der Waals surface area contributed by atoms with Crippen molar-refractivity contribution >= 4 is 22.9 Å². The number of methoxy groups -OCH3 is 1. The summed E-state index contributed by atoms with van der Waals surface area (Å²) in [6.07, 6.45) is 0. The summed E-state index contributed by atoms with van der Waals surface area (Å²) in [6, 6.07) is 6.71. The monoisotopic (exact) mass is 443 g/mol. The zero-order valence-corrected chi connectivity index (χ0v) is 16.4. The molecule has 0 aliphatic heterocycles. The summed E-state index contributed by atoms with van der Waals surface area (Å²) in [7, 11) is 1.49. The normalized spacial score (nSPS) is 10.8. The first-order valence-electron chi connectivity index (χ1n) is 8.40. The highest BCUT2D eigenvalue weighted by molar-refractivity contribution is 7.12. The molecule has 0 fully saturated rings. The van der Waals surface area contributed by atoms with Gasteiger partial charge in [0.2, 0.25) is 5.82 Å².